The van der Waals surface area contributed by atoms with Crippen LogP contribution in [0.3, 0.4) is 0 Å². The second kappa shape index (κ2) is 6.06. The predicted octanol–water partition coefficient (Wildman–Crippen LogP) is 4.08. The minimum Gasteiger partial charge on any atom is -0.299 e. The van der Waals surface area contributed by atoms with Crippen LogP contribution in [0.5, 0.6) is 0 Å². The molecule has 0 radical (unpaired) electrons. The number of ketones is 1. The molecule has 0 spiro atoms. The van der Waals surface area contributed by atoms with E-state index in [-0.39, 0.29) is 30.3 Å². The molecule has 0 fully saturated rings. The summed E-state index contributed by atoms with van der Waals surface area (Å²) in [5.41, 5.74) is 1.38. The number of Topliss-reactive ketones (excluding diaryl/α,β-unsaturated/α-hetero) is 1. The maximum absolute atomic E-state index is 13.2. The topological polar surface area (TPSA) is 17.1 Å². The first-order chi connectivity index (χ1) is 9.02. The molecule has 0 N–H and O–H groups in total. The predicted molar refractivity (Wildman–Crippen MR) is 72.9 cm³/mol. The van der Waals surface area contributed by atoms with Gasteiger partial charge in [-0.1, -0.05) is 28.1 Å². The number of carbonyl (C=O) groups is 1. The van der Waals surface area contributed by atoms with E-state index in [1.807, 2.05) is 0 Å². The van der Waals surface area contributed by atoms with E-state index in [0.717, 1.165) is 5.56 Å². The molecule has 0 aliphatic heterocycles. The Morgan fingerprint density at radius 3 is 2.16 bits per heavy atom. The minimum absolute atomic E-state index is 0.0379. The van der Waals surface area contributed by atoms with Crippen molar-refractivity contribution in [3.63, 3.8) is 0 Å². The first kappa shape index (κ1) is 13.9. The molecule has 98 valence electrons. The molecule has 0 bridgehead atoms. The van der Waals surface area contributed by atoms with E-state index in [4.69, 9.17) is 0 Å². The molecule has 1 nitrogen and oxygen atoms in total. The zero-order chi connectivity index (χ0) is 13.8. The zero-order valence-corrected chi connectivity index (χ0v) is 11.6. The van der Waals surface area contributed by atoms with Crippen LogP contribution in [-0.2, 0) is 17.6 Å². The summed E-state index contributed by atoms with van der Waals surface area (Å²) in [4.78, 5) is 11.9. The summed E-state index contributed by atoms with van der Waals surface area (Å²) in [5.74, 6) is -0.742. The van der Waals surface area contributed by atoms with E-state index < -0.39 is 0 Å². The van der Waals surface area contributed by atoms with Crippen LogP contribution in [0.1, 0.15) is 11.1 Å². The van der Waals surface area contributed by atoms with Crippen LogP contribution in [0.2, 0.25) is 0 Å². The number of hydrogen-bond donors (Lipinski definition) is 0. The normalized spacial score (nSPS) is 10.5. The molecule has 0 aliphatic rings. The Balaban J connectivity index is 2.03. The summed E-state index contributed by atoms with van der Waals surface area (Å²) < 4.78 is 26.5. The minimum atomic E-state index is -0.376. The lowest BCUT2D eigenvalue weighted by atomic mass is 10.0. The molecule has 0 heterocycles. The molecule has 19 heavy (non-hydrogen) atoms. The van der Waals surface area contributed by atoms with Crippen molar-refractivity contribution in [3.05, 3.63) is 69.7 Å². The highest BCUT2D eigenvalue weighted by Crippen LogP contribution is 2.16. The number of halogens is 3. The second-order valence-electron chi connectivity index (χ2n) is 4.30. The van der Waals surface area contributed by atoms with Crippen molar-refractivity contribution >= 4 is 21.7 Å². The monoisotopic (exact) mass is 324 g/mol. The summed E-state index contributed by atoms with van der Waals surface area (Å²) in [6.07, 6.45) is 0.377. The third-order valence-electron chi connectivity index (χ3n) is 2.64. The molecule has 2 rings (SSSR count). The summed E-state index contributed by atoms with van der Waals surface area (Å²) in [6, 6.07) is 10.2. The van der Waals surface area contributed by atoms with E-state index in [9.17, 15) is 13.6 Å². The molecule has 2 aromatic rings. The lowest BCUT2D eigenvalue weighted by Gasteiger charge is -2.03. The van der Waals surface area contributed by atoms with Gasteiger partial charge in [0.25, 0.3) is 0 Å². The van der Waals surface area contributed by atoms with Crippen molar-refractivity contribution < 1.29 is 13.6 Å². The standard InChI is InChI=1S/C15H11BrF2O/c16-12-5-11(6-14(18)9-12)8-15(19)7-10-1-3-13(17)4-2-10/h1-6,9H,7-8H2. The van der Waals surface area contributed by atoms with Gasteiger partial charge in [0.05, 0.1) is 0 Å². The lowest BCUT2D eigenvalue weighted by Crippen LogP contribution is -2.06. The van der Waals surface area contributed by atoms with Crippen molar-refractivity contribution in [2.75, 3.05) is 0 Å². The maximum Gasteiger partial charge on any atom is 0.141 e. The van der Waals surface area contributed by atoms with Crippen molar-refractivity contribution in [3.8, 4) is 0 Å². The Morgan fingerprint density at radius 1 is 0.895 bits per heavy atom. The Morgan fingerprint density at radius 2 is 1.53 bits per heavy atom. The average Bonchev–Trinajstić information content (AvgIpc) is 2.30. The SMILES string of the molecule is O=C(Cc1ccc(F)cc1)Cc1cc(F)cc(Br)c1. The zero-order valence-electron chi connectivity index (χ0n) is 10.00. The van der Waals surface area contributed by atoms with E-state index in [1.54, 1.807) is 18.2 Å². The van der Waals surface area contributed by atoms with Crippen LogP contribution in [0.4, 0.5) is 8.78 Å². The van der Waals surface area contributed by atoms with Crippen LogP contribution >= 0.6 is 15.9 Å². The summed E-state index contributed by atoms with van der Waals surface area (Å²) >= 11 is 3.18. The Kier molecular flexibility index (Phi) is 4.43. The Hall–Kier alpha value is -1.55. The van der Waals surface area contributed by atoms with Crippen LogP contribution in [0.15, 0.2) is 46.9 Å². The van der Waals surface area contributed by atoms with Gasteiger partial charge < -0.3 is 0 Å². The third-order valence-corrected chi connectivity index (χ3v) is 3.10. The largest absolute Gasteiger partial charge is 0.299 e. The smallest absolute Gasteiger partial charge is 0.141 e. The first-order valence-corrected chi connectivity index (χ1v) is 6.53. The highest BCUT2D eigenvalue weighted by Gasteiger charge is 2.07. The van der Waals surface area contributed by atoms with Gasteiger partial charge in [-0.15, -0.1) is 0 Å². The molecular formula is C15H11BrF2O. The highest BCUT2D eigenvalue weighted by molar-refractivity contribution is 9.10. The Labute approximate surface area is 118 Å². The highest BCUT2D eigenvalue weighted by atomic mass is 79.9. The van der Waals surface area contributed by atoms with Gasteiger partial charge in [-0.2, -0.15) is 0 Å². The van der Waals surface area contributed by atoms with Gasteiger partial charge in [-0.05, 0) is 41.5 Å². The van der Waals surface area contributed by atoms with Crippen molar-refractivity contribution in [1.29, 1.82) is 0 Å². The summed E-state index contributed by atoms with van der Waals surface area (Å²) in [6.45, 7) is 0. The quantitative estimate of drug-likeness (QED) is 0.828. The molecule has 2 aromatic carbocycles. The molecule has 0 saturated heterocycles. The molecule has 0 saturated carbocycles. The van der Waals surface area contributed by atoms with Gasteiger partial charge in [0, 0.05) is 17.3 Å². The molecule has 4 heteroatoms. The average molecular weight is 325 g/mol. The summed E-state index contributed by atoms with van der Waals surface area (Å²) in [5, 5.41) is 0. The van der Waals surface area contributed by atoms with Crippen LogP contribution < -0.4 is 0 Å². The van der Waals surface area contributed by atoms with Gasteiger partial charge >= 0.3 is 0 Å². The van der Waals surface area contributed by atoms with E-state index >= 15 is 0 Å². The van der Waals surface area contributed by atoms with Gasteiger partial charge in [0.2, 0.25) is 0 Å². The van der Waals surface area contributed by atoms with Crippen LogP contribution in [0.25, 0.3) is 0 Å². The molecule has 0 amide bonds. The van der Waals surface area contributed by atoms with Crippen LogP contribution in [-0.4, -0.2) is 5.78 Å². The number of benzene rings is 2. The maximum atomic E-state index is 13.2. The van der Waals surface area contributed by atoms with Gasteiger partial charge in [-0.25, -0.2) is 8.78 Å². The van der Waals surface area contributed by atoms with Gasteiger partial charge in [0.1, 0.15) is 17.4 Å². The Bertz CT molecular complexity index is 573. The molecule has 0 aliphatic carbocycles. The van der Waals surface area contributed by atoms with E-state index in [1.165, 1.54) is 24.3 Å². The van der Waals surface area contributed by atoms with Crippen molar-refractivity contribution in [2.24, 2.45) is 0 Å². The number of carbonyl (C=O) groups excluding carboxylic acids is 1. The van der Waals surface area contributed by atoms with Crippen molar-refractivity contribution in [2.45, 2.75) is 12.8 Å². The first-order valence-electron chi connectivity index (χ1n) is 5.74. The second-order valence-corrected chi connectivity index (χ2v) is 5.21. The molecule has 0 unspecified atom stereocenters. The third kappa shape index (κ3) is 4.24. The van der Waals surface area contributed by atoms with Crippen LogP contribution in [0, 0.1) is 11.6 Å². The molecular weight excluding hydrogens is 314 g/mol. The fraction of sp³-hybridized carbons (Fsp3) is 0.133. The molecule has 0 atom stereocenters. The number of hydrogen-bond acceptors (Lipinski definition) is 1. The van der Waals surface area contributed by atoms with Gasteiger partial charge in [0.15, 0.2) is 0 Å². The fourth-order valence-electron chi connectivity index (χ4n) is 1.83. The summed E-state index contributed by atoms with van der Waals surface area (Å²) in [7, 11) is 0. The van der Waals surface area contributed by atoms with Gasteiger partial charge in [-0.3, -0.25) is 4.79 Å². The van der Waals surface area contributed by atoms with E-state index in [0.29, 0.717) is 10.0 Å². The number of rotatable bonds is 4. The lowest BCUT2D eigenvalue weighted by molar-refractivity contribution is -0.117. The molecule has 0 aromatic heterocycles. The fourth-order valence-corrected chi connectivity index (χ4v) is 2.35. The van der Waals surface area contributed by atoms with Crippen molar-refractivity contribution in [1.82, 2.24) is 0 Å². The van der Waals surface area contributed by atoms with E-state index in [2.05, 4.69) is 15.9 Å².